The van der Waals surface area contributed by atoms with Crippen LogP contribution in [0.1, 0.15) is 22.3 Å². The van der Waals surface area contributed by atoms with Gasteiger partial charge in [0, 0.05) is 18.5 Å². The second-order valence-corrected chi connectivity index (χ2v) is 6.33. The molecule has 0 aliphatic heterocycles. The van der Waals surface area contributed by atoms with Crippen molar-refractivity contribution in [3.05, 3.63) is 90.0 Å². The van der Waals surface area contributed by atoms with Crippen LogP contribution < -0.4 is 15.4 Å². The Balaban J connectivity index is 1.54. The number of benzene rings is 3. The molecular formula is C23H22N2O3. The molecule has 0 saturated carbocycles. The zero-order chi connectivity index (χ0) is 19.8. The Morgan fingerprint density at radius 2 is 1.54 bits per heavy atom. The second-order valence-electron chi connectivity index (χ2n) is 6.33. The van der Waals surface area contributed by atoms with E-state index in [0.29, 0.717) is 22.7 Å². The summed E-state index contributed by atoms with van der Waals surface area (Å²) in [7, 11) is 0. The van der Waals surface area contributed by atoms with Crippen LogP contribution in [0.2, 0.25) is 0 Å². The van der Waals surface area contributed by atoms with Gasteiger partial charge in [0.2, 0.25) is 5.91 Å². The minimum Gasteiger partial charge on any atom is -0.455 e. The van der Waals surface area contributed by atoms with E-state index in [-0.39, 0.29) is 24.8 Å². The standard InChI is InChI=1S/C23H22N2O3/c1-17-11-13-19(14-12-17)28-21-10-6-5-9-20(21)25-22(26)15-16-24-23(27)18-7-3-2-4-8-18/h2-14H,15-16H2,1H3,(H,24,27)(H,25,26). The molecule has 3 aromatic carbocycles. The van der Waals surface area contributed by atoms with Gasteiger partial charge < -0.3 is 15.4 Å². The molecule has 28 heavy (non-hydrogen) atoms. The fourth-order valence-corrected chi connectivity index (χ4v) is 2.59. The average molecular weight is 374 g/mol. The monoisotopic (exact) mass is 374 g/mol. The maximum Gasteiger partial charge on any atom is 0.251 e. The molecule has 5 heteroatoms. The number of hydrogen-bond acceptors (Lipinski definition) is 3. The highest BCUT2D eigenvalue weighted by molar-refractivity contribution is 5.95. The lowest BCUT2D eigenvalue weighted by atomic mass is 10.2. The molecule has 2 amide bonds. The molecule has 5 nitrogen and oxygen atoms in total. The summed E-state index contributed by atoms with van der Waals surface area (Å²) in [6.45, 7) is 2.26. The van der Waals surface area contributed by atoms with E-state index in [1.807, 2.05) is 49.4 Å². The minimum atomic E-state index is -0.201. The summed E-state index contributed by atoms with van der Waals surface area (Å²) in [6, 6.07) is 23.9. The van der Waals surface area contributed by atoms with Crippen molar-refractivity contribution in [3.63, 3.8) is 0 Å². The van der Waals surface area contributed by atoms with Crippen molar-refractivity contribution in [3.8, 4) is 11.5 Å². The number of amides is 2. The topological polar surface area (TPSA) is 67.4 Å². The molecule has 0 radical (unpaired) electrons. The van der Waals surface area contributed by atoms with Gasteiger partial charge in [0.05, 0.1) is 5.69 Å². The maximum absolute atomic E-state index is 12.3. The van der Waals surface area contributed by atoms with Gasteiger partial charge >= 0.3 is 0 Å². The molecule has 0 aliphatic carbocycles. The molecule has 0 fully saturated rings. The number of hydrogen-bond donors (Lipinski definition) is 2. The summed E-state index contributed by atoms with van der Waals surface area (Å²) in [5.74, 6) is 0.861. The zero-order valence-electron chi connectivity index (χ0n) is 15.6. The minimum absolute atomic E-state index is 0.164. The molecule has 142 valence electrons. The molecule has 2 N–H and O–H groups in total. The third-order valence-corrected chi connectivity index (χ3v) is 4.08. The molecule has 0 aliphatic rings. The number of aryl methyl sites for hydroxylation is 1. The summed E-state index contributed by atoms with van der Waals surface area (Å²) in [5, 5.41) is 5.58. The Morgan fingerprint density at radius 1 is 0.857 bits per heavy atom. The average Bonchev–Trinajstić information content (AvgIpc) is 2.72. The highest BCUT2D eigenvalue weighted by atomic mass is 16.5. The van der Waals surface area contributed by atoms with Crippen molar-refractivity contribution in [2.45, 2.75) is 13.3 Å². The van der Waals surface area contributed by atoms with Gasteiger partial charge in [-0.1, -0.05) is 48.0 Å². The Kier molecular flexibility index (Phi) is 6.41. The molecule has 0 unspecified atom stereocenters. The van der Waals surface area contributed by atoms with Gasteiger partial charge in [-0.05, 0) is 43.3 Å². The number of rotatable bonds is 7. The van der Waals surface area contributed by atoms with Gasteiger partial charge in [0.1, 0.15) is 5.75 Å². The van der Waals surface area contributed by atoms with Crippen molar-refractivity contribution in [2.75, 3.05) is 11.9 Å². The Labute approximate surface area is 164 Å². The molecule has 3 aromatic rings. The third kappa shape index (κ3) is 5.45. The van der Waals surface area contributed by atoms with E-state index >= 15 is 0 Å². The fraction of sp³-hybridized carbons (Fsp3) is 0.130. The van der Waals surface area contributed by atoms with E-state index in [2.05, 4.69) is 10.6 Å². The maximum atomic E-state index is 12.3. The van der Waals surface area contributed by atoms with Crippen molar-refractivity contribution < 1.29 is 14.3 Å². The number of nitrogens with one attached hydrogen (secondary N) is 2. The Morgan fingerprint density at radius 3 is 2.29 bits per heavy atom. The lowest BCUT2D eigenvalue weighted by Gasteiger charge is -2.12. The van der Waals surface area contributed by atoms with E-state index in [9.17, 15) is 9.59 Å². The number of carbonyl (C=O) groups excluding carboxylic acids is 2. The van der Waals surface area contributed by atoms with Gasteiger partial charge in [-0.3, -0.25) is 9.59 Å². The molecule has 0 heterocycles. The van der Waals surface area contributed by atoms with Gasteiger partial charge in [0.25, 0.3) is 5.91 Å². The van der Waals surface area contributed by atoms with Gasteiger partial charge in [-0.15, -0.1) is 0 Å². The first-order chi connectivity index (χ1) is 13.6. The van der Waals surface area contributed by atoms with E-state index in [0.717, 1.165) is 5.56 Å². The summed E-state index contributed by atoms with van der Waals surface area (Å²) < 4.78 is 5.88. The van der Waals surface area contributed by atoms with Crippen molar-refractivity contribution in [1.29, 1.82) is 0 Å². The quantitative estimate of drug-likeness (QED) is 0.638. The molecule has 0 spiro atoms. The largest absolute Gasteiger partial charge is 0.455 e. The van der Waals surface area contributed by atoms with E-state index < -0.39 is 0 Å². The first kappa shape index (κ1) is 19.2. The Bertz CT molecular complexity index is 938. The number of ether oxygens (including phenoxy) is 1. The normalized spacial score (nSPS) is 10.2. The predicted octanol–water partition coefficient (Wildman–Crippen LogP) is 4.55. The van der Waals surface area contributed by atoms with Crippen LogP contribution >= 0.6 is 0 Å². The predicted molar refractivity (Wildman–Crippen MR) is 110 cm³/mol. The number of carbonyl (C=O) groups is 2. The van der Waals surface area contributed by atoms with Gasteiger partial charge in [0.15, 0.2) is 5.75 Å². The van der Waals surface area contributed by atoms with Crippen LogP contribution in [0.25, 0.3) is 0 Å². The highest BCUT2D eigenvalue weighted by Crippen LogP contribution is 2.29. The fourth-order valence-electron chi connectivity index (χ4n) is 2.59. The second kappa shape index (κ2) is 9.37. The van der Waals surface area contributed by atoms with Crippen molar-refractivity contribution in [2.24, 2.45) is 0 Å². The van der Waals surface area contributed by atoms with E-state index in [1.54, 1.807) is 36.4 Å². The van der Waals surface area contributed by atoms with Crippen LogP contribution in [0.3, 0.4) is 0 Å². The SMILES string of the molecule is Cc1ccc(Oc2ccccc2NC(=O)CCNC(=O)c2ccccc2)cc1. The molecule has 0 aromatic heterocycles. The Hall–Kier alpha value is -3.60. The summed E-state index contributed by atoms with van der Waals surface area (Å²) in [5.41, 5.74) is 2.30. The number of anilines is 1. The molecule has 0 bridgehead atoms. The first-order valence-corrected chi connectivity index (χ1v) is 9.08. The molecule has 3 rings (SSSR count). The van der Waals surface area contributed by atoms with Crippen LogP contribution in [0.5, 0.6) is 11.5 Å². The zero-order valence-corrected chi connectivity index (χ0v) is 15.6. The van der Waals surface area contributed by atoms with Gasteiger partial charge in [-0.25, -0.2) is 0 Å². The van der Waals surface area contributed by atoms with Crippen LogP contribution in [-0.4, -0.2) is 18.4 Å². The molecular weight excluding hydrogens is 352 g/mol. The van der Waals surface area contributed by atoms with E-state index in [1.165, 1.54) is 0 Å². The van der Waals surface area contributed by atoms with Crippen LogP contribution in [0.15, 0.2) is 78.9 Å². The van der Waals surface area contributed by atoms with Crippen LogP contribution in [-0.2, 0) is 4.79 Å². The third-order valence-electron chi connectivity index (χ3n) is 4.08. The van der Waals surface area contributed by atoms with Crippen LogP contribution in [0.4, 0.5) is 5.69 Å². The highest BCUT2D eigenvalue weighted by Gasteiger charge is 2.10. The number of para-hydroxylation sites is 2. The smallest absolute Gasteiger partial charge is 0.251 e. The first-order valence-electron chi connectivity index (χ1n) is 9.08. The van der Waals surface area contributed by atoms with Crippen molar-refractivity contribution in [1.82, 2.24) is 5.32 Å². The summed E-state index contributed by atoms with van der Waals surface area (Å²) in [4.78, 5) is 24.3. The van der Waals surface area contributed by atoms with Crippen LogP contribution in [0, 0.1) is 6.92 Å². The lowest BCUT2D eigenvalue weighted by Crippen LogP contribution is -2.27. The lowest BCUT2D eigenvalue weighted by molar-refractivity contribution is -0.116. The van der Waals surface area contributed by atoms with E-state index in [4.69, 9.17) is 4.74 Å². The summed E-state index contributed by atoms with van der Waals surface area (Å²) in [6.07, 6.45) is 0.164. The molecule has 0 saturated heterocycles. The summed E-state index contributed by atoms with van der Waals surface area (Å²) >= 11 is 0. The van der Waals surface area contributed by atoms with Gasteiger partial charge in [-0.2, -0.15) is 0 Å². The van der Waals surface area contributed by atoms with Crippen molar-refractivity contribution >= 4 is 17.5 Å². The molecule has 0 atom stereocenters.